The molecule has 1 atom stereocenters. The van der Waals surface area contributed by atoms with Crippen LogP contribution in [-0.4, -0.2) is 29.3 Å². The summed E-state index contributed by atoms with van der Waals surface area (Å²) in [7, 11) is 0. The van der Waals surface area contributed by atoms with E-state index in [1.165, 1.54) is 6.07 Å². The Labute approximate surface area is 205 Å². The van der Waals surface area contributed by atoms with Crippen molar-refractivity contribution in [3.05, 3.63) is 131 Å². The lowest BCUT2D eigenvalue weighted by molar-refractivity contribution is 0.0630. The number of hydrogen-bond donors (Lipinski definition) is 1. The average Bonchev–Trinajstić information content (AvgIpc) is 3.57. The molecule has 1 N–H and O–H groups in total. The van der Waals surface area contributed by atoms with Gasteiger partial charge in [0.1, 0.15) is 17.3 Å². The second kappa shape index (κ2) is 10.6. The Morgan fingerprint density at radius 2 is 1.57 bits per heavy atom. The molecule has 1 aliphatic rings. The molecule has 0 radical (unpaired) electrons. The Balaban J connectivity index is 1.43. The van der Waals surface area contributed by atoms with Crippen LogP contribution in [0.25, 0.3) is 0 Å². The number of nitrogens with zero attached hydrogens (tertiary/aromatic N) is 1. The number of halogens is 1. The van der Waals surface area contributed by atoms with Gasteiger partial charge < -0.3 is 14.3 Å². The fourth-order valence-corrected chi connectivity index (χ4v) is 4.84. The third kappa shape index (κ3) is 5.38. The number of benzene rings is 3. The van der Waals surface area contributed by atoms with Crippen molar-refractivity contribution >= 4 is 0 Å². The molecule has 4 nitrogen and oxygen atoms in total. The van der Waals surface area contributed by atoms with Gasteiger partial charge in [0.15, 0.2) is 5.60 Å². The summed E-state index contributed by atoms with van der Waals surface area (Å²) in [6, 6.07) is 29.6. The van der Waals surface area contributed by atoms with Crippen molar-refractivity contribution in [3.63, 3.8) is 0 Å². The molecule has 35 heavy (non-hydrogen) atoms. The lowest BCUT2D eigenvalue weighted by Crippen LogP contribution is -2.31. The second-order valence-electron chi connectivity index (χ2n) is 9.14. The SMILES string of the molecule is OC(c1ccccc1)(c1ccccc1)c1ccc(CN(Cc2cccc(F)c2)CC2CCCO2)o1. The Bertz CT molecular complexity index is 1180. The average molecular weight is 472 g/mol. The van der Waals surface area contributed by atoms with Crippen LogP contribution in [0.15, 0.2) is 101 Å². The van der Waals surface area contributed by atoms with Crippen LogP contribution in [0.1, 0.15) is 41.1 Å². The van der Waals surface area contributed by atoms with E-state index < -0.39 is 5.60 Å². The summed E-state index contributed by atoms with van der Waals surface area (Å²) in [5, 5.41) is 12.0. The van der Waals surface area contributed by atoms with Crippen molar-refractivity contribution in [2.45, 2.75) is 37.6 Å². The summed E-state index contributed by atoms with van der Waals surface area (Å²) in [4.78, 5) is 2.22. The van der Waals surface area contributed by atoms with E-state index in [2.05, 4.69) is 4.90 Å². The molecule has 1 saturated heterocycles. The van der Waals surface area contributed by atoms with E-state index in [-0.39, 0.29) is 11.9 Å². The van der Waals surface area contributed by atoms with Crippen LogP contribution in [-0.2, 0) is 23.4 Å². The number of rotatable bonds is 9. The van der Waals surface area contributed by atoms with Crippen LogP contribution in [0, 0.1) is 5.82 Å². The van der Waals surface area contributed by atoms with Gasteiger partial charge in [-0.2, -0.15) is 0 Å². The molecule has 4 aromatic rings. The van der Waals surface area contributed by atoms with Crippen LogP contribution < -0.4 is 0 Å². The molecule has 180 valence electrons. The Morgan fingerprint density at radius 3 is 2.20 bits per heavy atom. The standard InChI is InChI=1S/C30H30FNO3/c31-26-14-7-9-23(19-26)20-32(21-27-15-8-18-34-27)22-28-16-17-29(35-28)30(33,24-10-3-1-4-11-24)25-12-5-2-6-13-25/h1-7,9-14,16-17,19,27,33H,8,15,18,20-22H2. The summed E-state index contributed by atoms with van der Waals surface area (Å²) in [6.07, 6.45) is 2.23. The van der Waals surface area contributed by atoms with Crippen LogP contribution in [0.2, 0.25) is 0 Å². The van der Waals surface area contributed by atoms with E-state index in [9.17, 15) is 9.50 Å². The zero-order chi connectivity index (χ0) is 24.1. The molecule has 1 fully saturated rings. The molecular weight excluding hydrogens is 441 g/mol. The highest BCUT2D eigenvalue weighted by molar-refractivity contribution is 5.43. The summed E-state index contributed by atoms with van der Waals surface area (Å²) >= 11 is 0. The van der Waals surface area contributed by atoms with Gasteiger partial charge in [-0.15, -0.1) is 0 Å². The largest absolute Gasteiger partial charge is 0.461 e. The number of aliphatic hydroxyl groups is 1. The minimum absolute atomic E-state index is 0.156. The zero-order valence-electron chi connectivity index (χ0n) is 19.6. The van der Waals surface area contributed by atoms with Crippen molar-refractivity contribution in [1.29, 1.82) is 0 Å². The zero-order valence-corrected chi connectivity index (χ0v) is 19.6. The van der Waals surface area contributed by atoms with E-state index in [0.29, 0.717) is 18.8 Å². The predicted octanol–water partition coefficient (Wildman–Crippen LogP) is 5.88. The molecule has 1 aliphatic heterocycles. The van der Waals surface area contributed by atoms with Crippen LogP contribution in [0.5, 0.6) is 0 Å². The highest BCUT2D eigenvalue weighted by Gasteiger charge is 2.37. The smallest absolute Gasteiger partial charge is 0.173 e. The number of ether oxygens (including phenoxy) is 1. The monoisotopic (exact) mass is 471 g/mol. The minimum Gasteiger partial charge on any atom is -0.461 e. The Kier molecular flexibility index (Phi) is 7.09. The molecule has 0 saturated carbocycles. The molecule has 1 unspecified atom stereocenters. The fourth-order valence-electron chi connectivity index (χ4n) is 4.84. The maximum atomic E-state index is 13.8. The van der Waals surface area contributed by atoms with Gasteiger partial charge in [-0.1, -0.05) is 72.8 Å². The highest BCUT2D eigenvalue weighted by atomic mass is 19.1. The quantitative estimate of drug-likeness (QED) is 0.331. The van der Waals surface area contributed by atoms with Gasteiger partial charge in [0, 0.05) is 19.7 Å². The summed E-state index contributed by atoms with van der Waals surface area (Å²) < 4.78 is 26.0. The molecule has 5 rings (SSSR count). The maximum Gasteiger partial charge on any atom is 0.173 e. The van der Waals surface area contributed by atoms with Gasteiger partial charge in [0.25, 0.3) is 0 Å². The van der Waals surface area contributed by atoms with Gasteiger partial charge in [-0.25, -0.2) is 4.39 Å². The molecule has 2 heterocycles. The van der Waals surface area contributed by atoms with Crippen LogP contribution in [0.3, 0.4) is 0 Å². The fraction of sp³-hybridized carbons (Fsp3) is 0.267. The second-order valence-corrected chi connectivity index (χ2v) is 9.14. The van der Waals surface area contributed by atoms with E-state index in [1.54, 1.807) is 12.1 Å². The third-order valence-electron chi connectivity index (χ3n) is 6.56. The molecule has 0 amide bonds. The first-order valence-electron chi connectivity index (χ1n) is 12.1. The van der Waals surface area contributed by atoms with Gasteiger partial charge in [0.2, 0.25) is 0 Å². The first kappa shape index (κ1) is 23.5. The highest BCUT2D eigenvalue weighted by Crippen LogP contribution is 2.37. The van der Waals surface area contributed by atoms with Crippen molar-refractivity contribution in [2.75, 3.05) is 13.2 Å². The van der Waals surface area contributed by atoms with E-state index in [0.717, 1.165) is 48.4 Å². The van der Waals surface area contributed by atoms with Gasteiger partial charge in [0.05, 0.1) is 12.6 Å². The first-order valence-corrected chi connectivity index (χ1v) is 12.1. The Morgan fingerprint density at radius 1 is 0.857 bits per heavy atom. The minimum atomic E-state index is -1.41. The molecule has 1 aromatic heterocycles. The normalized spacial score (nSPS) is 16.1. The van der Waals surface area contributed by atoms with Gasteiger partial charge >= 0.3 is 0 Å². The molecule has 0 spiro atoms. The molecule has 0 aliphatic carbocycles. The number of hydrogen-bond acceptors (Lipinski definition) is 4. The lowest BCUT2D eigenvalue weighted by Gasteiger charge is -2.28. The predicted molar refractivity (Wildman–Crippen MR) is 133 cm³/mol. The topological polar surface area (TPSA) is 45.8 Å². The molecular formula is C30H30FNO3. The van der Waals surface area contributed by atoms with Crippen molar-refractivity contribution < 1.29 is 18.7 Å². The van der Waals surface area contributed by atoms with Gasteiger partial charge in [-0.3, -0.25) is 4.90 Å². The van der Waals surface area contributed by atoms with E-state index in [1.807, 2.05) is 78.9 Å². The summed E-state index contributed by atoms with van der Waals surface area (Å²) in [6.45, 7) is 2.62. The first-order chi connectivity index (χ1) is 17.1. The van der Waals surface area contributed by atoms with Crippen molar-refractivity contribution in [1.82, 2.24) is 4.90 Å². The summed E-state index contributed by atoms with van der Waals surface area (Å²) in [5.74, 6) is 0.961. The maximum absolute atomic E-state index is 13.8. The van der Waals surface area contributed by atoms with Crippen LogP contribution >= 0.6 is 0 Å². The van der Waals surface area contributed by atoms with E-state index >= 15 is 0 Å². The summed E-state index contributed by atoms with van der Waals surface area (Å²) in [5.41, 5.74) is 0.967. The number of furan rings is 1. The molecule has 5 heteroatoms. The third-order valence-corrected chi connectivity index (χ3v) is 6.56. The van der Waals surface area contributed by atoms with Gasteiger partial charge in [-0.05, 0) is 53.8 Å². The van der Waals surface area contributed by atoms with Crippen molar-refractivity contribution in [2.24, 2.45) is 0 Å². The molecule has 3 aromatic carbocycles. The lowest BCUT2D eigenvalue weighted by atomic mass is 9.84. The van der Waals surface area contributed by atoms with Crippen LogP contribution in [0.4, 0.5) is 4.39 Å². The molecule has 0 bridgehead atoms. The Hall–Kier alpha value is -3.25. The van der Waals surface area contributed by atoms with E-state index in [4.69, 9.17) is 9.15 Å². The van der Waals surface area contributed by atoms with Crippen molar-refractivity contribution in [3.8, 4) is 0 Å².